The van der Waals surface area contributed by atoms with Gasteiger partial charge in [0.05, 0.1) is 4.90 Å². The molecule has 0 bridgehead atoms. The lowest BCUT2D eigenvalue weighted by molar-refractivity contribution is -0.353. The largest absolute Gasteiger partial charge is 0.744 e. The van der Waals surface area contributed by atoms with Crippen LogP contribution in [-0.2, 0) is 15.5 Å². The normalized spacial score (nSPS) is 15.3. The summed E-state index contributed by atoms with van der Waals surface area (Å²) >= 11 is 0. The molecule has 0 heterocycles. The van der Waals surface area contributed by atoms with Crippen molar-refractivity contribution in [2.45, 2.75) is 127 Å². The molecule has 1 aliphatic rings. The standard InChI is InChI=1S/C50H62N2O3S/c1-27(2)40-25-38(17-19-43(40)51-48-32(8)23-30(6)34(10)36(48)12)46(47-42(50(14,15)16)21-29(5)22-45(47)56(53,54)55)39-18-20-44(41(26-39)28(3)4)52-49-33(9)24-31(7)35(11)37(49)13/h17-28,51H,1-16H3,(H,53,54,55). The van der Waals surface area contributed by atoms with Crippen LogP contribution in [0.5, 0.6) is 0 Å². The second-order valence-corrected chi connectivity index (χ2v) is 19.0. The zero-order valence-corrected chi connectivity index (χ0v) is 37.4. The molecular formula is C50H62N2O3S. The molecule has 0 aliphatic heterocycles. The minimum Gasteiger partial charge on any atom is -0.744 e. The van der Waals surface area contributed by atoms with E-state index < -0.39 is 15.5 Å². The van der Waals surface area contributed by atoms with Gasteiger partial charge >= 0.3 is 0 Å². The second kappa shape index (κ2) is 15.8. The fourth-order valence-electron chi connectivity index (χ4n) is 8.10. The summed E-state index contributed by atoms with van der Waals surface area (Å²) < 4.78 is 40.1. The van der Waals surface area contributed by atoms with Crippen LogP contribution in [0.1, 0.15) is 127 Å². The lowest BCUT2D eigenvalue weighted by Crippen LogP contribution is -2.67. The lowest BCUT2D eigenvalue weighted by atomic mass is 9.77. The predicted molar refractivity (Wildman–Crippen MR) is 236 cm³/mol. The number of allylic oxidation sites excluding steroid dienone is 5. The third-order valence-electron chi connectivity index (χ3n) is 11.7. The summed E-state index contributed by atoms with van der Waals surface area (Å²) in [7, 11) is -4.88. The first-order valence-corrected chi connectivity index (χ1v) is 21.3. The van der Waals surface area contributed by atoms with E-state index in [9.17, 15) is 13.0 Å². The molecule has 2 N–H and O–H groups in total. The van der Waals surface area contributed by atoms with Crippen molar-refractivity contribution < 1.29 is 18.0 Å². The Morgan fingerprint density at radius 2 is 1.32 bits per heavy atom. The molecule has 4 aromatic rings. The summed E-state index contributed by atoms with van der Waals surface area (Å²) in [4.78, 5) is 3.60. The van der Waals surface area contributed by atoms with Crippen molar-refractivity contribution in [2.75, 3.05) is 5.32 Å². The highest BCUT2D eigenvalue weighted by Crippen LogP contribution is 2.43. The number of rotatable bonds is 8. The molecule has 0 radical (unpaired) electrons. The number of benzene rings is 4. The van der Waals surface area contributed by atoms with Gasteiger partial charge in [-0.25, -0.2) is 13.4 Å². The summed E-state index contributed by atoms with van der Waals surface area (Å²) in [6.45, 7) is 34.0. The van der Waals surface area contributed by atoms with Crippen LogP contribution in [0.25, 0.3) is 5.57 Å². The average molecular weight is 771 g/mol. The van der Waals surface area contributed by atoms with Crippen LogP contribution in [0.4, 0.5) is 17.1 Å². The third-order valence-corrected chi connectivity index (χ3v) is 12.6. The molecule has 0 fully saturated rings. The van der Waals surface area contributed by atoms with Crippen molar-refractivity contribution in [1.82, 2.24) is 0 Å². The molecule has 5 rings (SSSR count). The molecule has 0 unspecified atom stereocenters. The highest BCUT2D eigenvalue weighted by Gasteiger charge is 2.30. The van der Waals surface area contributed by atoms with Crippen LogP contribution in [0.3, 0.4) is 0 Å². The first-order chi connectivity index (χ1) is 25.9. The third kappa shape index (κ3) is 8.43. The van der Waals surface area contributed by atoms with Crippen molar-refractivity contribution in [3.8, 4) is 0 Å². The van der Waals surface area contributed by atoms with Crippen LogP contribution in [0, 0.1) is 68.2 Å². The van der Waals surface area contributed by atoms with Crippen molar-refractivity contribution in [3.05, 3.63) is 144 Å². The summed E-state index contributed by atoms with van der Waals surface area (Å²) in [5.41, 5.74) is 20.2. The van der Waals surface area contributed by atoms with Gasteiger partial charge in [0.1, 0.15) is 10.1 Å². The van der Waals surface area contributed by atoms with Gasteiger partial charge in [-0.3, -0.25) is 0 Å². The molecule has 4 aromatic carbocycles. The van der Waals surface area contributed by atoms with Crippen molar-refractivity contribution in [1.29, 1.82) is 0 Å². The van der Waals surface area contributed by atoms with E-state index in [0.29, 0.717) is 5.56 Å². The van der Waals surface area contributed by atoms with Gasteiger partial charge in [-0.15, -0.1) is 0 Å². The van der Waals surface area contributed by atoms with Crippen LogP contribution in [0.15, 0.2) is 76.7 Å². The first-order valence-electron chi connectivity index (χ1n) is 19.9. The van der Waals surface area contributed by atoms with Crippen LogP contribution in [0.2, 0.25) is 0 Å². The first kappa shape index (κ1) is 42.6. The predicted octanol–water partition coefficient (Wildman–Crippen LogP) is 11.3. The fourth-order valence-corrected chi connectivity index (χ4v) is 8.89. The summed E-state index contributed by atoms with van der Waals surface area (Å²) in [5, 5.41) is 3.79. The lowest BCUT2D eigenvalue weighted by Gasteiger charge is -2.30. The zero-order chi connectivity index (χ0) is 41.8. The highest BCUT2D eigenvalue weighted by molar-refractivity contribution is 7.85. The maximum Gasteiger partial charge on any atom is 0.210 e. The van der Waals surface area contributed by atoms with Crippen LogP contribution >= 0.6 is 0 Å². The van der Waals surface area contributed by atoms with Gasteiger partial charge in [0.2, 0.25) is 11.4 Å². The van der Waals surface area contributed by atoms with Gasteiger partial charge in [-0.05, 0) is 183 Å². The Morgan fingerprint density at radius 1 is 0.714 bits per heavy atom. The molecule has 6 heteroatoms. The van der Waals surface area contributed by atoms with E-state index >= 15 is 0 Å². The summed E-state index contributed by atoms with van der Waals surface area (Å²) in [5.74, 6) is 0.270. The van der Waals surface area contributed by atoms with Crippen molar-refractivity contribution in [2.24, 2.45) is 5.92 Å². The number of nitrogens with one attached hydrogen (secondary N) is 2. The number of hydrogen-bond acceptors (Lipinski definition) is 4. The van der Waals surface area contributed by atoms with Crippen LogP contribution < -0.4 is 10.3 Å². The van der Waals surface area contributed by atoms with Crippen LogP contribution in [-0.4, -0.2) is 18.7 Å². The van der Waals surface area contributed by atoms with E-state index in [1.165, 1.54) is 44.5 Å². The molecule has 1 aliphatic carbocycles. The van der Waals surface area contributed by atoms with Gasteiger partial charge in [-0.2, -0.15) is 0 Å². The van der Waals surface area contributed by atoms with Gasteiger partial charge in [0.25, 0.3) is 0 Å². The fraction of sp³-hybridized carbons (Fsp3) is 0.380. The average Bonchev–Trinajstić information content (AvgIpc) is 3.10. The maximum absolute atomic E-state index is 13.4. The molecule has 296 valence electrons. The van der Waals surface area contributed by atoms with E-state index in [1.807, 2.05) is 13.0 Å². The van der Waals surface area contributed by atoms with Crippen molar-refractivity contribution >= 4 is 38.5 Å². The Balaban J connectivity index is 1.89. The molecule has 0 spiro atoms. The van der Waals surface area contributed by atoms with Gasteiger partial charge < -0.3 is 9.87 Å². The minimum absolute atomic E-state index is 0.135. The molecule has 0 aromatic heterocycles. The Morgan fingerprint density at radius 3 is 1.89 bits per heavy atom. The highest BCUT2D eigenvalue weighted by atomic mass is 32.2. The number of hydrogen-bond donors (Lipinski definition) is 2. The molecule has 0 atom stereocenters. The van der Waals surface area contributed by atoms with Gasteiger partial charge in [0, 0.05) is 39.7 Å². The Bertz CT molecular complexity index is 2480. The second-order valence-electron chi connectivity index (χ2n) is 17.7. The minimum atomic E-state index is -4.88. The maximum atomic E-state index is 13.4. The SMILES string of the molecule is Cc1cc(C(C)(C)C)c(C(=C2C=CC(=[NH+]c3c(C)cc(C)c(C)c3C)C(C(C)C)=C2)c2ccc(Nc3c(C)cc(C)c(C)c3C)c(C(C)C)c2)c(S(=O)(=O)[O-])c1. The van der Waals surface area contributed by atoms with E-state index in [2.05, 4.69) is 163 Å². The number of anilines is 2. The van der Waals surface area contributed by atoms with Gasteiger partial charge in [-0.1, -0.05) is 66.7 Å². The summed E-state index contributed by atoms with van der Waals surface area (Å²) in [6.07, 6.45) is 6.37. The smallest absolute Gasteiger partial charge is 0.210 e. The Hall–Kier alpha value is -4.52. The molecule has 5 nitrogen and oxygen atoms in total. The van der Waals surface area contributed by atoms with E-state index in [-0.39, 0.29) is 16.7 Å². The Labute approximate surface area is 337 Å². The molecule has 0 saturated carbocycles. The molecule has 0 amide bonds. The Kier molecular flexibility index (Phi) is 12.0. The zero-order valence-electron chi connectivity index (χ0n) is 36.6. The van der Waals surface area contributed by atoms with Gasteiger partial charge in [0.15, 0.2) is 0 Å². The topological polar surface area (TPSA) is 83.2 Å². The van der Waals surface area contributed by atoms with E-state index in [4.69, 9.17) is 0 Å². The monoisotopic (exact) mass is 770 g/mol. The summed E-state index contributed by atoms with van der Waals surface area (Å²) in [6, 6.07) is 14.4. The van der Waals surface area contributed by atoms with E-state index in [1.54, 1.807) is 6.07 Å². The number of aryl methyl sites for hydroxylation is 5. The molecular weight excluding hydrogens is 709 g/mol. The van der Waals surface area contributed by atoms with E-state index in [0.717, 1.165) is 61.7 Å². The molecule has 56 heavy (non-hydrogen) atoms. The van der Waals surface area contributed by atoms with Crippen molar-refractivity contribution in [3.63, 3.8) is 0 Å². The molecule has 0 saturated heterocycles. The quantitative estimate of drug-likeness (QED) is 0.175.